The smallest absolute Gasteiger partial charge is 0.280 e. The Kier molecular flexibility index (Phi) is 4.04. The summed E-state index contributed by atoms with van der Waals surface area (Å²) >= 11 is 7.38. The van der Waals surface area contributed by atoms with E-state index in [0.29, 0.717) is 15.8 Å². The third kappa shape index (κ3) is 2.80. The Morgan fingerprint density at radius 3 is 2.68 bits per heavy atom. The van der Waals surface area contributed by atoms with Crippen molar-refractivity contribution < 1.29 is 0 Å². The topological polar surface area (TPSA) is 52.2 Å². The van der Waals surface area contributed by atoms with Crippen LogP contribution in [0.2, 0.25) is 5.02 Å². The first-order chi connectivity index (χ1) is 10.6. The average molecular weight is 333 g/mol. The molecule has 0 fully saturated rings. The normalized spacial score (nSPS) is 11.0. The molecule has 0 aliphatic carbocycles. The van der Waals surface area contributed by atoms with Crippen LogP contribution in [0.25, 0.3) is 11.3 Å². The molecular weight excluding hydrogens is 320 g/mol. The molecule has 3 rings (SSSR count). The Hall–Kier alpha value is -2.05. The quantitative estimate of drug-likeness (QED) is 0.544. The van der Waals surface area contributed by atoms with E-state index in [2.05, 4.69) is 16.8 Å². The van der Waals surface area contributed by atoms with Crippen LogP contribution in [0.1, 0.15) is 6.92 Å². The summed E-state index contributed by atoms with van der Waals surface area (Å²) in [6.45, 7) is 5.81. The number of hydrogen-bond donors (Lipinski definition) is 0. The molecule has 0 saturated heterocycles. The molecule has 22 heavy (non-hydrogen) atoms. The first-order valence-corrected chi connectivity index (χ1v) is 7.92. The van der Waals surface area contributed by atoms with Crippen molar-refractivity contribution in [3.63, 3.8) is 0 Å². The molecule has 7 heteroatoms. The van der Waals surface area contributed by atoms with Crippen LogP contribution in [-0.4, -0.2) is 24.9 Å². The van der Waals surface area contributed by atoms with Crippen LogP contribution in [0.3, 0.4) is 0 Å². The zero-order valence-corrected chi connectivity index (χ0v) is 13.4. The van der Waals surface area contributed by atoms with Crippen LogP contribution >= 0.6 is 23.4 Å². The van der Waals surface area contributed by atoms with Crippen LogP contribution in [-0.2, 0) is 0 Å². The van der Waals surface area contributed by atoms with Crippen molar-refractivity contribution in [1.82, 2.24) is 19.2 Å². The zero-order valence-electron chi connectivity index (χ0n) is 11.9. The molecule has 0 N–H and O–H groups in total. The Morgan fingerprint density at radius 2 is 2.00 bits per heavy atom. The number of hydrogen-bond acceptors (Lipinski definition) is 4. The number of halogens is 1. The summed E-state index contributed by atoms with van der Waals surface area (Å²) in [5, 5.41) is 9.38. The number of thioether (sulfide) groups is 1. The first-order valence-electron chi connectivity index (χ1n) is 6.56. The monoisotopic (exact) mass is 332 g/mol. The van der Waals surface area contributed by atoms with Crippen molar-refractivity contribution in [1.29, 1.82) is 0 Å². The van der Waals surface area contributed by atoms with Gasteiger partial charge in [0.25, 0.3) is 0 Å². The van der Waals surface area contributed by atoms with Gasteiger partial charge in [-0.25, -0.2) is 0 Å². The van der Waals surface area contributed by atoms with Crippen LogP contribution in [0, 0.1) is 0 Å². The van der Waals surface area contributed by atoms with Gasteiger partial charge in [0.1, 0.15) is 0 Å². The van der Waals surface area contributed by atoms with E-state index in [1.54, 1.807) is 41.1 Å². The van der Waals surface area contributed by atoms with E-state index in [1.165, 1.54) is 16.3 Å². The van der Waals surface area contributed by atoms with Crippen molar-refractivity contribution >= 4 is 29.0 Å². The number of benzene rings is 1. The lowest BCUT2D eigenvalue weighted by atomic mass is 10.3. The molecule has 1 aromatic carbocycles. The average Bonchev–Trinajstić information content (AvgIpc) is 2.91. The highest BCUT2D eigenvalue weighted by atomic mass is 35.5. The fourth-order valence-corrected chi connectivity index (χ4v) is 2.84. The molecule has 0 aliphatic rings. The van der Waals surface area contributed by atoms with Crippen molar-refractivity contribution in [3.8, 4) is 5.69 Å². The van der Waals surface area contributed by atoms with Gasteiger partial charge in [-0.2, -0.15) is 0 Å². The van der Waals surface area contributed by atoms with Crippen LogP contribution in [0.5, 0.6) is 0 Å². The van der Waals surface area contributed by atoms with E-state index in [1.807, 2.05) is 6.92 Å². The molecule has 0 spiro atoms. The lowest BCUT2D eigenvalue weighted by Gasteiger charge is -2.06. The van der Waals surface area contributed by atoms with E-state index < -0.39 is 0 Å². The Morgan fingerprint density at radius 1 is 1.27 bits per heavy atom. The second-order valence-electron chi connectivity index (χ2n) is 4.87. The van der Waals surface area contributed by atoms with E-state index in [-0.39, 0.29) is 5.56 Å². The highest BCUT2D eigenvalue weighted by Crippen LogP contribution is 2.18. The predicted molar refractivity (Wildman–Crippen MR) is 89.1 cm³/mol. The maximum Gasteiger partial charge on any atom is 0.300 e. The fourth-order valence-electron chi connectivity index (χ4n) is 1.96. The molecule has 0 saturated carbocycles. The van der Waals surface area contributed by atoms with Gasteiger partial charge in [-0.15, -0.1) is 10.2 Å². The van der Waals surface area contributed by atoms with Gasteiger partial charge in [0, 0.05) is 28.9 Å². The third-order valence-corrected chi connectivity index (χ3v) is 4.42. The maximum absolute atomic E-state index is 12.5. The van der Waals surface area contributed by atoms with Gasteiger partial charge in [-0.3, -0.25) is 13.8 Å². The number of fused-ring (bicyclic) bond motifs is 1. The molecule has 0 bridgehead atoms. The SMILES string of the molecule is C=C(C)CSc1nnc2c(=O)n(-c3ccc(Cl)cc3)ccn12. The molecule has 0 aliphatic heterocycles. The first kappa shape index (κ1) is 14.9. The van der Waals surface area contributed by atoms with Crippen molar-refractivity contribution in [2.75, 3.05) is 5.75 Å². The molecule has 0 unspecified atom stereocenters. The summed E-state index contributed by atoms with van der Waals surface area (Å²) in [6.07, 6.45) is 3.48. The molecule has 2 aromatic heterocycles. The van der Waals surface area contributed by atoms with Crippen molar-refractivity contribution in [3.05, 3.63) is 64.2 Å². The highest BCUT2D eigenvalue weighted by molar-refractivity contribution is 7.99. The van der Waals surface area contributed by atoms with E-state index in [9.17, 15) is 4.79 Å². The van der Waals surface area contributed by atoms with Gasteiger partial charge in [-0.1, -0.05) is 35.5 Å². The molecule has 5 nitrogen and oxygen atoms in total. The molecule has 0 amide bonds. The second kappa shape index (κ2) is 5.98. The minimum absolute atomic E-state index is 0.223. The predicted octanol–water partition coefficient (Wildman–Crippen LogP) is 3.20. The number of rotatable bonds is 4. The molecule has 3 aromatic rings. The number of aromatic nitrogens is 4. The minimum Gasteiger partial charge on any atom is -0.280 e. The second-order valence-corrected chi connectivity index (χ2v) is 6.25. The maximum atomic E-state index is 12.5. The van der Waals surface area contributed by atoms with Crippen molar-refractivity contribution in [2.45, 2.75) is 12.1 Å². The summed E-state index contributed by atoms with van der Waals surface area (Å²) in [5.41, 5.74) is 1.84. The molecular formula is C15H13ClN4OS. The summed E-state index contributed by atoms with van der Waals surface area (Å²) < 4.78 is 3.22. The molecule has 0 atom stereocenters. The Balaban J connectivity index is 2.05. The van der Waals surface area contributed by atoms with Crippen LogP contribution in [0.15, 0.2) is 58.8 Å². The van der Waals surface area contributed by atoms with Gasteiger partial charge in [0.2, 0.25) is 5.65 Å². The van der Waals surface area contributed by atoms with Crippen LogP contribution in [0.4, 0.5) is 0 Å². The summed E-state index contributed by atoms with van der Waals surface area (Å²) in [6, 6.07) is 7.05. The lowest BCUT2D eigenvalue weighted by Crippen LogP contribution is -2.20. The van der Waals surface area contributed by atoms with Gasteiger partial charge in [0.15, 0.2) is 5.16 Å². The number of nitrogens with zero attached hydrogens (tertiary/aromatic N) is 4. The summed E-state index contributed by atoms with van der Waals surface area (Å²) in [7, 11) is 0. The fraction of sp³-hybridized carbons (Fsp3) is 0.133. The zero-order chi connectivity index (χ0) is 15.7. The van der Waals surface area contributed by atoms with Crippen molar-refractivity contribution in [2.24, 2.45) is 0 Å². The Bertz CT molecular complexity index is 898. The molecule has 0 radical (unpaired) electrons. The lowest BCUT2D eigenvalue weighted by molar-refractivity contribution is 0.894. The van der Waals surface area contributed by atoms with Crippen LogP contribution < -0.4 is 5.56 Å². The van der Waals surface area contributed by atoms with E-state index in [4.69, 9.17) is 11.6 Å². The van der Waals surface area contributed by atoms with E-state index in [0.717, 1.165) is 17.0 Å². The third-order valence-electron chi connectivity index (χ3n) is 2.99. The molecule has 2 heterocycles. The largest absolute Gasteiger partial charge is 0.300 e. The van der Waals surface area contributed by atoms with Gasteiger partial charge in [0.05, 0.1) is 0 Å². The highest BCUT2D eigenvalue weighted by Gasteiger charge is 2.11. The molecule has 112 valence electrons. The van der Waals surface area contributed by atoms with Gasteiger partial charge >= 0.3 is 5.56 Å². The summed E-state index contributed by atoms with van der Waals surface area (Å²) in [4.78, 5) is 12.5. The standard InChI is InChI=1S/C15H13ClN4OS/c1-10(2)9-22-15-18-17-13-14(21)19(7-8-20(13)15)12-5-3-11(16)4-6-12/h3-8H,1,9H2,2H3. The summed E-state index contributed by atoms with van der Waals surface area (Å²) in [5.74, 6) is 0.737. The van der Waals surface area contributed by atoms with E-state index >= 15 is 0 Å². The Labute approximate surface area is 136 Å². The minimum atomic E-state index is -0.223. The van der Waals surface area contributed by atoms with Gasteiger partial charge in [-0.05, 0) is 31.2 Å². The van der Waals surface area contributed by atoms with Gasteiger partial charge < -0.3 is 0 Å².